The van der Waals surface area contributed by atoms with Crippen LogP contribution < -0.4 is 19.1 Å². The highest BCUT2D eigenvalue weighted by molar-refractivity contribution is 7.91. The summed E-state index contributed by atoms with van der Waals surface area (Å²) in [4.78, 5) is 7.09. The summed E-state index contributed by atoms with van der Waals surface area (Å²) >= 11 is 0. The Morgan fingerprint density at radius 2 is 1.47 bits per heavy atom. The van der Waals surface area contributed by atoms with E-state index in [1.165, 1.54) is 6.20 Å². The minimum atomic E-state index is -3.81. The Morgan fingerprint density at radius 1 is 0.844 bits per heavy atom. The highest BCUT2D eigenvalue weighted by atomic mass is 32.2. The number of fused-ring (bicyclic) bond motifs is 1. The van der Waals surface area contributed by atoms with Crippen LogP contribution in [0.2, 0.25) is 0 Å². The van der Waals surface area contributed by atoms with Gasteiger partial charge < -0.3 is 19.1 Å². The van der Waals surface area contributed by atoms with E-state index in [0.717, 1.165) is 44.2 Å². The van der Waals surface area contributed by atoms with Gasteiger partial charge in [0.15, 0.2) is 11.5 Å². The number of benzene rings is 2. The number of sulfone groups is 1. The van der Waals surface area contributed by atoms with Crippen LogP contribution in [-0.4, -0.2) is 47.8 Å². The number of rotatable bonds is 6. The molecule has 0 unspecified atom stereocenters. The van der Waals surface area contributed by atoms with Gasteiger partial charge in [0.25, 0.3) is 0 Å². The number of pyridine rings is 1. The lowest BCUT2D eigenvalue weighted by atomic mass is 10.1. The van der Waals surface area contributed by atoms with Crippen LogP contribution in [0.15, 0.2) is 52.4 Å². The fourth-order valence-electron chi connectivity index (χ4n) is 4.19. The molecule has 0 atom stereocenters. The van der Waals surface area contributed by atoms with Crippen molar-refractivity contribution in [2.75, 3.05) is 39.3 Å². The summed E-state index contributed by atoms with van der Waals surface area (Å²) in [5.74, 6) is 1.70. The average Bonchev–Trinajstić information content (AvgIpc) is 3.11. The van der Waals surface area contributed by atoms with Crippen molar-refractivity contribution < 1.29 is 22.6 Å². The van der Waals surface area contributed by atoms with Gasteiger partial charge in [-0.1, -0.05) is 12.8 Å². The molecule has 0 saturated carbocycles. The molecule has 1 fully saturated rings. The monoisotopic (exact) mass is 456 g/mol. The van der Waals surface area contributed by atoms with E-state index in [1.54, 1.807) is 51.7 Å². The van der Waals surface area contributed by atoms with Crippen LogP contribution in [0.5, 0.6) is 17.2 Å². The molecule has 170 valence electrons. The third-order valence-electron chi connectivity index (χ3n) is 5.89. The molecule has 4 rings (SSSR count). The quantitative estimate of drug-likeness (QED) is 0.541. The van der Waals surface area contributed by atoms with Crippen molar-refractivity contribution in [2.24, 2.45) is 0 Å². The molecule has 1 saturated heterocycles. The highest BCUT2D eigenvalue weighted by Crippen LogP contribution is 2.41. The first-order valence-corrected chi connectivity index (χ1v) is 12.2. The van der Waals surface area contributed by atoms with Gasteiger partial charge in [-0.05, 0) is 43.2 Å². The zero-order valence-electron chi connectivity index (χ0n) is 18.6. The SMILES string of the molecule is COc1ccc(S(=O)(=O)c2cnc3cc(OC)c(OC)cc3c2N2CCCCCC2)cc1. The minimum absolute atomic E-state index is 0.198. The molecule has 0 radical (unpaired) electrons. The molecule has 2 aromatic carbocycles. The molecular formula is C24H28N2O5S. The van der Waals surface area contributed by atoms with Gasteiger partial charge in [-0.25, -0.2) is 8.42 Å². The van der Waals surface area contributed by atoms with Crippen LogP contribution in [0.3, 0.4) is 0 Å². The van der Waals surface area contributed by atoms with Gasteiger partial charge in [0, 0.05) is 30.7 Å². The van der Waals surface area contributed by atoms with E-state index in [-0.39, 0.29) is 9.79 Å². The Labute approximate surface area is 188 Å². The van der Waals surface area contributed by atoms with Gasteiger partial charge in [0.2, 0.25) is 9.84 Å². The number of methoxy groups -OCH3 is 3. The van der Waals surface area contributed by atoms with Crippen LogP contribution in [0.4, 0.5) is 5.69 Å². The predicted molar refractivity (Wildman–Crippen MR) is 124 cm³/mol. The van der Waals surface area contributed by atoms with Crippen molar-refractivity contribution in [1.82, 2.24) is 4.98 Å². The lowest BCUT2D eigenvalue weighted by molar-refractivity contribution is 0.356. The Kier molecular flexibility index (Phi) is 6.41. The molecule has 3 aromatic rings. The molecule has 1 aliphatic rings. The predicted octanol–water partition coefficient (Wildman–Crippen LogP) is 4.47. The second-order valence-electron chi connectivity index (χ2n) is 7.78. The second-order valence-corrected chi connectivity index (χ2v) is 9.69. The first-order chi connectivity index (χ1) is 15.5. The fourth-order valence-corrected chi connectivity index (χ4v) is 5.62. The summed E-state index contributed by atoms with van der Waals surface area (Å²) < 4.78 is 43.6. The van der Waals surface area contributed by atoms with E-state index in [1.807, 2.05) is 6.07 Å². The third kappa shape index (κ3) is 4.07. The maximum atomic E-state index is 13.7. The molecule has 1 aliphatic heterocycles. The van der Waals surface area contributed by atoms with Crippen LogP contribution in [0.25, 0.3) is 10.9 Å². The molecule has 8 heteroatoms. The fraction of sp³-hybridized carbons (Fsp3) is 0.375. The molecule has 0 aliphatic carbocycles. The van der Waals surface area contributed by atoms with Crippen molar-refractivity contribution >= 4 is 26.4 Å². The van der Waals surface area contributed by atoms with Gasteiger partial charge in [0.05, 0.1) is 37.4 Å². The van der Waals surface area contributed by atoms with E-state index < -0.39 is 9.84 Å². The zero-order chi connectivity index (χ0) is 22.7. The van der Waals surface area contributed by atoms with Crippen LogP contribution in [0.1, 0.15) is 25.7 Å². The summed E-state index contributed by atoms with van der Waals surface area (Å²) in [6.45, 7) is 1.58. The maximum absolute atomic E-state index is 13.7. The number of ether oxygens (including phenoxy) is 3. The van der Waals surface area contributed by atoms with E-state index in [4.69, 9.17) is 14.2 Å². The normalized spacial score (nSPS) is 14.8. The van der Waals surface area contributed by atoms with E-state index >= 15 is 0 Å². The Hall–Kier alpha value is -3.00. The van der Waals surface area contributed by atoms with Crippen molar-refractivity contribution in [1.29, 1.82) is 0 Å². The summed E-state index contributed by atoms with van der Waals surface area (Å²) in [7, 11) is 0.879. The van der Waals surface area contributed by atoms with Crippen LogP contribution in [0, 0.1) is 0 Å². The standard InChI is InChI=1S/C24H28N2O5S/c1-29-17-8-10-18(11-9-17)32(27,28)23-16-25-20-15-22(31-3)21(30-2)14-19(20)24(23)26-12-6-4-5-7-13-26/h8-11,14-16H,4-7,12-13H2,1-3H3. The molecule has 0 spiro atoms. The number of aromatic nitrogens is 1. The summed E-state index contributed by atoms with van der Waals surface area (Å²) in [5, 5.41) is 0.735. The van der Waals surface area contributed by atoms with E-state index in [0.29, 0.717) is 28.5 Å². The molecule has 7 nitrogen and oxygen atoms in total. The molecule has 0 amide bonds. The summed E-state index contributed by atoms with van der Waals surface area (Å²) in [5.41, 5.74) is 1.34. The Morgan fingerprint density at radius 3 is 2.06 bits per heavy atom. The third-order valence-corrected chi connectivity index (χ3v) is 7.66. The Balaban J connectivity index is 1.97. The number of anilines is 1. The van der Waals surface area contributed by atoms with Gasteiger partial charge in [-0.2, -0.15) is 0 Å². The lowest BCUT2D eigenvalue weighted by Crippen LogP contribution is -2.26. The summed E-state index contributed by atoms with van der Waals surface area (Å²) in [6.07, 6.45) is 5.76. The number of nitrogens with zero attached hydrogens (tertiary/aromatic N) is 2. The highest BCUT2D eigenvalue weighted by Gasteiger charge is 2.28. The zero-order valence-corrected chi connectivity index (χ0v) is 19.4. The van der Waals surface area contributed by atoms with Crippen molar-refractivity contribution in [3.63, 3.8) is 0 Å². The van der Waals surface area contributed by atoms with Crippen molar-refractivity contribution in [2.45, 2.75) is 35.5 Å². The second kappa shape index (κ2) is 9.24. The molecule has 2 heterocycles. The van der Waals surface area contributed by atoms with Gasteiger partial charge in [-0.3, -0.25) is 4.98 Å². The summed E-state index contributed by atoms with van der Waals surface area (Å²) in [6, 6.07) is 10.1. The van der Waals surface area contributed by atoms with Gasteiger partial charge in [0.1, 0.15) is 10.6 Å². The first kappa shape index (κ1) is 22.2. The van der Waals surface area contributed by atoms with E-state index in [9.17, 15) is 8.42 Å². The number of hydrogen-bond acceptors (Lipinski definition) is 7. The molecule has 0 N–H and O–H groups in total. The largest absolute Gasteiger partial charge is 0.497 e. The van der Waals surface area contributed by atoms with Crippen LogP contribution in [-0.2, 0) is 9.84 Å². The molecule has 0 bridgehead atoms. The smallest absolute Gasteiger partial charge is 0.210 e. The van der Waals surface area contributed by atoms with Gasteiger partial charge in [-0.15, -0.1) is 0 Å². The first-order valence-electron chi connectivity index (χ1n) is 10.7. The minimum Gasteiger partial charge on any atom is -0.497 e. The number of hydrogen-bond donors (Lipinski definition) is 0. The Bertz CT molecular complexity index is 1200. The molecule has 32 heavy (non-hydrogen) atoms. The van der Waals surface area contributed by atoms with Crippen LogP contribution >= 0.6 is 0 Å². The van der Waals surface area contributed by atoms with Crippen molar-refractivity contribution in [3.05, 3.63) is 42.6 Å². The van der Waals surface area contributed by atoms with Gasteiger partial charge >= 0.3 is 0 Å². The van der Waals surface area contributed by atoms with Crippen molar-refractivity contribution in [3.8, 4) is 17.2 Å². The lowest BCUT2D eigenvalue weighted by Gasteiger charge is -2.27. The average molecular weight is 457 g/mol. The topological polar surface area (TPSA) is 78.0 Å². The maximum Gasteiger partial charge on any atom is 0.210 e. The van der Waals surface area contributed by atoms with E-state index in [2.05, 4.69) is 9.88 Å². The molecule has 1 aromatic heterocycles. The molecular weight excluding hydrogens is 428 g/mol.